The van der Waals surface area contributed by atoms with Crippen LogP contribution in [0.25, 0.3) is 10.8 Å². The molecule has 1 saturated heterocycles. The second-order valence-corrected chi connectivity index (χ2v) is 7.92. The molecule has 0 unspecified atom stereocenters. The Morgan fingerprint density at radius 3 is 2.61 bits per heavy atom. The molecule has 4 rings (SSSR count). The molecule has 1 aliphatic heterocycles. The number of rotatable bonds is 8. The zero-order valence-electron chi connectivity index (χ0n) is 17.9. The van der Waals surface area contributed by atoms with Gasteiger partial charge in [-0.3, -0.25) is 4.79 Å². The minimum Gasteiger partial charge on any atom is -0.489 e. The molecule has 0 radical (unpaired) electrons. The van der Waals surface area contributed by atoms with Gasteiger partial charge in [-0.25, -0.2) is 0 Å². The van der Waals surface area contributed by atoms with Gasteiger partial charge in [-0.2, -0.15) is 0 Å². The lowest BCUT2D eigenvalue weighted by Gasteiger charge is -2.30. The number of hydrogen-bond acceptors (Lipinski definition) is 4. The standard InChI is InChI=1S/C26H29NO4/c1-19(28)27-14-6-11-26-30-17-22(18-31-26)24-10-5-9-21-15-23(12-13-25(21)24)29-16-20-7-3-2-4-8-20/h2-5,7-10,12-13,15,22,26H,6,11,14,16-18H2,1H3,(H,27,28). The second-order valence-electron chi connectivity index (χ2n) is 7.92. The average Bonchev–Trinajstić information content (AvgIpc) is 2.81. The average molecular weight is 420 g/mol. The van der Waals surface area contributed by atoms with Crippen molar-refractivity contribution in [3.05, 3.63) is 77.9 Å². The Hall–Kier alpha value is -2.89. The Morgan fingerprint density at radius 2 is 1.84 bits per heavy atom. The summed E-state index contributed by atoms with van der Waals surface area (Å²) in [5, 5.41) is 5.16. The lowest BCUT2D eigenvalue weighted by molar-refractivity contribution is -0.189. The van der Waals surface area contributed by atoms with Crippen LogP contribution in [0.4, 0.5) is 0 Å². The molecule has 0 aliphatic carbocycles. The van der Waals surface area contributed by atoms with Crippen molar-refractivity contribution in [2.24, 2.45) is 0 Å². The third-order valence-corrected chi connectivity index (χ3v) is 5.53. The van der Waals surface area contributed by atoms with E-state index in [1.165, 1.54) is 17.9 Å². The van der Waals surface area contributed by atoms with E-state index in [0.29, 0.717) is 26.4 Å². The Morgan fingerprint density at radius 1 is 1.03 bits per heavy atom. The van der Waals surface area contributed by atoms with E-state index in [2.05, 4.69) is 47.8 Å². The van der Waals surface area contributed by atoms with Crippen LogP contribution in [0.1, 0.15) is 36.8 Å². The molecule has 162 valence electrons. The molecule has 0 atom stereocenters. The van der Waals surface area contributed by atoms with E-state index in [4.69, 9.17) is 14.2 Å². The van der Waals surface area contributed by atoms with E-state index in [1.807, 2.05) is 24.3 Å². The molecule has 0 spiro atoms. The molecule has 0 bridgehead atoms. The Balaban J connectivity index is 1.36. The van der Waals surface area contributed by atoms with Gasteiger partial charge in [-0.15, -0.1) is 0 Å². The Labute approximate surface area is 183 Å². The summed E-state index contributed by atoms with van der Waals surface area (Å²) in [5.41, 5.74) is 2.39. The second kappa shape index (κ2) is 10.4. The molecule has 5 nitrogen and oxygen atoms in total. The number of hydrogen-bond donors (Lipinski definition) is 1. The highest BCUT2D eigenvalue weighted by atomic mass is 16.7. The van der Waals surface area contributed by atoms with Crippen LogP contribution in [0.3, 0.4) is 0 Å². The van der Waals surface area contributed by atoms with Crippen LogP contribution in [0, 0.1) is 0 Å². The van der Waals surface area contributed by atoms with Gasteiger partial charge in [0.1, 0.15) is 12.4 Å². The van der Waals surface area contributed by atoms with Crippen molar-refractivity contribution in [1.29, 1.82) is 0 Å². The van der Waals surface area contributed by atoms with Crippen molar-refractivity contribution in [3.63, 3.8) is 0 Å². The van der Waals surface area contributed by atoms with Gasteiger partial charge < -0.3 is 19.5 Å². The van der Waals surface area contributed by atoms with Gasteiger partial charge >= 0.3 is 0 Å². The van der Waals surface area contributed by atoms with E-state index in [9.17, 15) is 4.79 Å². The number of amides is 1. The third-order valence-electron chi connectivity index (χ3n) is 5.53. The highest BCUT2D eigenvalue weighted by molar-refractivity contribution is 5.87. The first-order valence-corrected chi connectivity index (χ1v) is 10.9. The summed E-state index contributed by atoms with van der Waals surface area (Å²) in [4.78, 5) is 10.9. The number of nitrogens with one attached hydrogen (secondary N) is 1. The zero-order chi connectivity index (χ0) is 21.5. The van der Waals surface area contributed by atoms with Crippen LogP contribution in [0.2, 0.25) is 0 Å². The van der Waals surface area contributed by atoms with Gasteiger partial charge in [0.2, 0.25) is 5.91 Å². The Kier molecular flexibility index (Phi) is 7.18. The molecule has 0 saturated carbocycles. The molecule has 1 heterocycles. The van der Waals surface area contributed by atoms with Crippen molar-refractivity contribution in [1.82, 2.24) is 5.32 Å². The molecule has 0 aromatic heterocycles. The first-order valence-electron chi connectivity index (χ1n) is 10.9. The van der Waals surface area contributed by atoms with E-state index >= 15 is 0 Å². The lowest BCUT2D eigenvalue weighted by atomic mass is 9.94. The molecule has 1 aliphatic rings. The summed E-state index contributed by atoms with van der Waals surface area (Å²) in [5.74, 6) is 1.06. The summed E-state index contributed by atoms with van der Waals surface area (Å²) in [6, 6.07) is 22.8. The summed E-state index contributed by atoms with van der Waals surface area (Å²) in [7, 11) is 0. The number of fused-ring (bicyclic) bond motifs is 1. The summed E-state index contributed by atoms with van der Waals surface area (Å²) < 4.78 is 17.9. The van der Waals surface area contributed by atoms with E-state index in [0.717, 1.165) is 29.5 Å². The SMILES string of the molecule is CC(=O)NCCCC1OCC(c2cccc3cc(OCc4ccccc4)ccc23)CO1. The highest BCUT2D eigenvalue weighted by Crippen LogP contribution is 2.31. The number of carbonyl (C=O) groups is 1. The van der Waals surface area contributed by atoms with Crippen molar-refractivity contribution in [2.75, 3.05) is 19.8 Å². The molecule has 31 heavy (non-hydrogen) atoms. The first kappa shape index (κ1) is 21.3. The number of carbonyl (C=O) groups excluding carboxylic acids is 1. The van der Waals surface area contributed by atoms with Gasteiger partial charge in [0.15, 0.2) is 6.29 Å². The van der Waals surface area contributed by atoms with Crippen molar-refractivity contribution < 1.29 is 19.0 Å². The van der Waals surface area contributed by atoms with Gasteiger partial charge in [0.05, 0.1) is 13.2 Å². The van der Waals surface area contributed by atoms with Gasteiger partial charge in [0, 0.05) is 25.8 Å². The highest BCUT2D eigenvalue weighted by Gasteiger charge is 2.24. The van der Waals surface area contributed by atoms with Gasteiger partial charge in [-0.1, -0.05) is 54.6 Å². The molecule has 3 aromatic carbocycles. The smallest absolute Gasteiger partial charge is 0.216 e. The minimum absolute atomic E-state index is 0.00451. The largest absolute Gasteiger partial charge is 0.489 e. The maximum atomic E-state index is 10.9. The van der Waals surface area contributed by atoms with Crippen molar-refractivity contribution in [2.45, 2.75) is 38.6 Å². The van der Waals surface area contributed by atoms with Crippen LogP contribution < -0.4 is 10.1 Å². The Bertz CT molecular complexity index is 997. The lowest BCUT2D eigenvalue weighted by Crippen LogP contribution is -2.32. The number of ether oxygens (including phenoxy) is 3. The third kappa shape index (κ3) is 5.84. The van der Waals surface area contributed by atoms with Crippen LogP contribution in [0.5, 0.6) is 5.75 Å². The van der Waals surface area contributed by atoms with Crippen LogP contribution in [-0.4, -0.2) is 32.0 Å². The van der Waals surface area contributed by atoms with Crippen molar-refractivity contribution in [3.8, 4) is 5.75 Å². The van der Waals surface area contributed by atoms with Crippen LogP contribution in [-0.2, 0) is 20.9 Å². The fourth-order valence-corrected chi connectivity index (χ4v) is 3.90. The first-order chi connectivity index (χ1) is 15.2. The van der Waals surface area contributed by atoms with Gasteiger partial charge in [-0.05, 0) is 40.5 Å². The molecule has 1 fully saturated rings. The maximum Gasteiger partial charge on any atom is 0.216 e. The van der Waals surface area contributed by atoms with Gasteiger partial charge in [0.25, 0.3) is 0 Å². The molecule has 5 heteroatoms. The molecule has 3 aromatic rings. The molecular formula is C26H29NO4. The van der Waals surface area contributed by atoms with E-state index in [1.54, 1.807) is 0 Å². The molecular weight excluding hydrogens is 390 g/mol. The predicted octanol–water partition coefficient (Wildman–Crippen LogP) is 4.79. The summed E-state index contributed by atoms with van der Waals surface area (Å²) >= 11 is 0. The summed E-state index contributed by atoms with van der Waals surface area (Å²) in [6.07, 6.45) is 1.43. The fraction of sp³-hybridized carbons (Fsp3) is 0.346. The monoisotopic (exact) mass is 419 g/mol. The number of benzene rings is 3. The maximum absolute atomic E-state index is 10.9. The van der Waals surface area contributed by atoms with Crippen LogP contribution >= 0.6 is 0 Å². The molecule has 1 amide bonds. The van der Waals surface area contributed by atoms with E-state index < -0.39 is 0 Å². The summed E-state index contributed by atoms with van der Waals surface area (Å²) in [6.45, 7) is 4.01. The minimum atomic E-state index is -0.196. The normalized spacial score (nSPS) is 18.6. The van der Waals surface area contributed by atoms with E-state index in [-0.39, 0.29) is 18.1 Å². The molecule has 1 N–H and O–H groups in total. The fourth-order valence-electron chi connectivity index (χ4n) is 3.90. The van der Waals surface area contributed by atoms with Crippen molar-refractivity contribution >= 4 is 16.7 Å². The predicted molar refractivity (Wildman–Crippen MR) is 121 cm³/mol. The topological polar surface area (TPSA) is 56.8 Å². The van der Waals surface area contributed by atoms with Crippen LogP contribution in [0.15, 0.2) is 66.7 Å². The quantitative estimate of drug-likeness (QED) is 0.533. The zero-order valence-corrected chi connectivity index (χ0v) is 17.9.